The van der Waals surface area contributed by atoms with Crippen LogP contribution in [-0.2, 0) is 9.59 Å². The van der Waals surface area contributed by atoms with E-state index in [0.717, 1.165) is 33.6 Å². The van der Waals surface area contributed by atoms with Crippen LogP contribution in [0.25, 0.3) is 0 Å². The number of halogens is 2. The number of aryl methyl sites for hydroxylation is 3. The molecule has 6 nitrogen and oxygen atoms in total. The maximum Gasteiger partial charge on any atom is 0.283 e. The highest BCUT2D eigenvalue weighted by molar-refractivity contribution is 8.04. The lowest BCUT2D eigenvalue weighted by atomic mass is 10.2. The van der Waals surface area contributed by atoms with Crippen molar-refractivity contribution < 1.29 is 14.0 Å². The Balaban J connectivity index is 1.81. The first kappa shape index (κ1) is 22.0. The van der Waals surface area contributed by atoms with Crippen molar-refractivity contribution in [3.05, 3.63) is 86.9 Å². The molecule has 0 fully saturated rings. The number of nitrogens with zero attached hydrogens (tertiary/aromatic N) is 3. The van der Waals surface area contributed by atoms with Gasteiger partial charge in [-0.2, -0.15) is 0 Å². The highest BCUT2D eigenvalue weighted by atomic mass is 35.5. The molecule has 162 valence electrons. The molecule has 32 heavy (non-hydrogen) atoms. The smallest absolute Gasteiger partial charge is 0.283 e. The minimum Gasteiger partial charge on any atom is -0.350 e. The second-order valence-electron chi connectivity index (χ2n) is 7.22. The molecule has 2 amide bonds. The van der Waals surface area contributed by atoms with Crippen LogP contribution in [0.15, 0.2) is 64.3 Å². The van der Waals surface area contributed by atoms with Crippen LogP contribution < -0.4 is 10.2 Å². The average Bonchev–Trinajstić information content (AvgIpc) is 2.94. The lowest BCUT2D eigenvalue weighted by Gasteiger charge is -2.16. The van der Waals surface area contributed by atoms with Crippen molar-refractivity contribution >= 4 is 46.6 Å². The molecule has 0 spiro atoms. The Bertz CT molecular complexity index is 1270. The van der Waals surface area contributed by atoms with Gasteiger partial charge in [-0.05, 0) is 68.4 Å². The second kappa shape index (κ2) is 8.72. The summed E-state index contributed by atoms with van der Waals surface area (Å²) >= 11 is 7.08. The number of aromatic nitrogens is 2. The molecular formula is C23H18ClFN4O2S. The van der Waals surface area contributed by atoms with Crippen LogP contribution in [0.3, 0.4) is 0 Å². The largest absolute Gasteiger partial charge is 0.350 e. The first-order valence-corrected chi connectivity index (χ1v) is 10.8. The number of nitrogens with one attached hydrogen (secondary N) is 1. The predicted molar refractivity (Wildman–Crippen MR) is 123 cm³/mol. The molecule has 0 aliphatic carbocycles. The number of carbonyl (C=O) groups excluding carboxylic acids is 2. The molecular weight excluding hydrogens is 451 g/mol. The number of anilines is 2. The molecule has 1 aliphatic rings. The SMILES string of the molecule is Cc1cc(C)nc(SC2=C(Nc3cc(Cl)ccc3C)C(=O)N(c3ccccc3F)C2=O)n1. The van der Waals surface area contributed by atoms with Gasteiger partial charge in [-0.25, -0.2) is 19.3 Å². The van der Waals surface area contributed by atoms with Gasteiger partial charge in [-0.1, -0.05) is 29.8 Å². The minimum atomic E-state index is -0.679. The number of thioether (sulfide) groups is 1. The van der Waals surface area contributed by atoms with Crippen molar-refractivity contribution in [3.63, 3.8) is 0 Å². The summed E-state index contributed by atoms with van der Waals surface area (Å²) in [7, 11) is 0. The quantitative estimate of drug-likeness (QED) is 0.410. The molecule has 0 saturated heterocycles. The number of benzene rings is 2. The van der Waals surface area contributed by atoms with Gasteiger partial charge in [0.2, 0.25) is 0 Å². The predicted octanol–water partition coefficient (Wildman–Crippen LogP) is 5.18. The van der Waals surface area contributed by atoms with Gasteiger partial charge in [0.25, 0.3) is 11.8 Å². The van der Waals surface area contributed by atoms with Crippen molar-refractivity contribution in [2.24, 2.45) is 0 Å². The summed E-state index contributed by atoms with van der Waals surface area (Å²) in [5, 5.41) is 3.82. The molecule has 0 unspecified atom stereocenters. The minimum absolute atomic E-state index is 0.0105. The van der Waals surface area contributed by atoms with E-state index in [-0.39, 0.29) is 16.3 Å². The summed E-state index contributed by atoms with van der Waals surface area (Å²) in [6.45, 7) is 5.47. The van der Waals surface area contributed by atoms with E-state index >= 15 is 0 Å². The summed E-state index contributed by atoms with van der Waals surface area (Å²) in [5.41, 5.74) is 2.71. The van der Waals surface area contributed by atoms with Gasteiger partial charge < -0.3 is 5.32 Å². The number of para-hydroxylation sites is 1. The Morgan fingerprint density at radius 1 is 0.969 bits per heavy atom. The Morgan fingerprint density at radius 3 is 2.34 bits per heavy atom. The number of carbonyl (C=O) groups is 2. The van der Waals surface area contributed by atoms with Crippen molar-refractivity contribution in [2.75, 3.05) is 10.2 Å². The summed E-state index contributed by atoms with van der Waals surface area (Å²) in [6.07, 6.45) is 0. The first-order chi connectivity index (χ1) is 15.2. The summed E-state index contributed by atoms with van der Waals surface area (Å²) in [6, 6.07) is 12.6. The monoisotopic (exact) mass is 468 g/mol. The van der Waals surface area contributed by atoms with Gasteiger partial charge in [-0.15, -0.1) is 0 Å². The average molecular weight is 469 g/mol. The zero-order valence-corrected chi connectivity index (χ0v) is 19.0. The maximum atomic E-state index is 14.5. The lowest BCUT2D eigenvalue weighted by Crippen LogP contribution is -2.33. The van der Waals surface area contributed by atoms with Crippen molar-refractivity contribution in [2.45, 2.75) is 25.9 Å². The van der Waals surface area contributed by atoms with E-state index in [9.17, 15) is 14.0 Å². The van der Waals surface area contributed by atoms with Gasteiger partial charge in [0.05, 0.1) is 5.69 Å². The standard InChI is InChI=1S/C23H18ClFN4O2S/c1-12-8-9-15(24)11-17(12)28-19-20(32-23-26-13(2)10-14(3)27-23)22(31)29(21(19)30)18-7-5-4-6-16(18)25/h4-11,28H,1-3H3. The van der Waals surface area contributed by atoms with Crippen LogP contribution in [0, 0.1) is 26.6 Å². The van der Waals surface area contributed by atoms with E-state index in [1.165, 1.54) is 18.2 Å². The number of hydrogen-bond donors (Lipinski definition) is 1. The zero-order valence-electron chi connectivity index (χ0n) is 17.4. The van der Waals surface area contributed by atoms with Crippen LogP contribution in [-0.4, -0.2) is 21.8 Å². The molecule has 4 rings (SSSR count). The van der Waals surface area contributed by atoms with E-state index < -0.39 is 17.6 Å². The van der Waals surface area contributed by atoms with Crippen molar-refractivity contribution in [1.82, 2.24) is 9.97 Å². The summed E-state index contributed by atoms with van der Waals surface area (Å²) < 4.78 is 14.5. The molecule has 9 heteroatoms. The molecule has 1 aromatic heterocycles. The third kappa shape index (κ3) is 4.24. The molecule has 2 aromatic carbocycles. The van der Waals surface area contributed by atoms with Gasteiger partial charge in [-0.3, -0.25) is 9.59 Å². The number of imide groups is 1. The Labute approximate surface area is 193 Å². The van der Waals surface area contributed by atoms with Crippen LogP contribution in [0.2, 0.25) is 5.02 Å². The topological polar surface area (TPSA) is 75.2 Å². The fraction of sp³-hybridized carbons (Fsp3) is 0.130. The number of rotatable bonds is 5. The van der Waals surface area contributed by atoms with E-state index in [1.807, 2.05) is 20.8 Å². The Morgan fingerprint density at radius 2 is 1.66 bits per heavy atom. The molecule has 0 bridgehead atoms. The fourth-order valence-corrected chi connectivity index (χ4v) is 4.41. The molecule has 0 atom stereocenters. The molecule has 3 aromatic rings. The highest BCUT2D eigenvalue weighted by Gasteiger charge is 2.41. The van der Waals surface area contributed by atoms with Gasteiger partial charge in [0, 0.05) is 22.1 Å². The van der Waals surface area contributed by atoms with Crippen molar-refractivity contribution in [3.8, 4) is 0 Å². The Kier molecular flexibility index (Phi) is 5.99. The van der Waals surface area contributed by atoms with Crippen LogP contribution in [0.5, 0.6) is 0 Å². The molecule has 0 saturated carbocycles. The molecule has 2 heterocycles. The molecule has 1 aliphatic heterocycles. The fourth-order valence-electron chi connectivity index (χ4n) is 3.26. The number of amides is 2. The third-order valence-corrected chi connectivity index (χ3v) is 5.93. The first-order valence-electron chi connectivity index (χ1n) is 9.65. The van der Waals surface area contributed by atoms with Crippen LogP contribution >= 0.6 is 23.4 Å². The van der Waals surface area contributed by atoms with E-state index in [1.54, 1.807) is 30.3 Å². The highest BCUT2D eigenvalue weighted by Crippen LogP contribution is 2.38. The third-order valence-electron chi connectivity index (χ3n) is 4.75. The normalized spacial score (nSPS) is 13.8. The number of hydrogen-bond acceptors (Lipinski definition) is 6. The van der Waals surface area contributed by atoms with Gasteiger partial charge in [0.15, 0.2) is 5.16 Å². The van der Waals surface area contributed by atoms with Gasteiger partial charge >= 0.3 is 0 Å². The van der Waals surface area contributed by atoms with Crippen LogP contribution in [0.1, 0.15) is 17.0 Å². The Hall–Kier alpha value is -3.23. The van der Waals surface area contributed by atoms with E-state index in [2.05, 4.69) is 15.3 Å². The zero-order chi connectivity index (χ0) is 23.0. The molecule has 0 radical (unpaired) electrons. The maximum absolute atomic E-state index is 14.5. The molecule has 1 N–H and O–H groups in total. The van der Waals surface area contributed by atoms with E-state index in [4.69, 9.17) is 11.6 Å². The second-order valence-corrected chi connectivity index (χ2v) is 8.63. The summed E-state index contributed by atoms with van der Waals surface area (Å²) in [4.78, 5) is 36.3. The van der Waals surface area contributed by atoms with E-state index in [0.29, 0.717) is 15.9 Å². The summed E-state index contributed by atoms with van der Waals surface area (Å²) in [5.74, 6) is -2.01. The lowest BCUT2D eigenvalue weighted by molar-refractivity contribution is -0.120. The van der Waals surface area contributed by atoms with Crippen LogP contribution in [0.4, 0.5) is 15.8 Å². The van der Waals surface area contributed by atoms with Crippen molar-refractivity contribution in [1.29, 1.82) is 0 Å². The van der Waals surface area contributed by atoms with Gasteiger partial charge in [0.1, 0.15) is 16.4 Å².